The van der Waals surface area contributed by atoms with Gasteiger partial charge in [0.1, 0.15) is 36.2 Å². The van der Waals surface area contributed by atoms with Gasteiger partial charge < -0.3 is 35.1 Å². The lowest BCUT2D eigenvalue weighted by Gasteiger charge is -2.24. The molecule has 18 heteroatoms. The van der Waals surface area contributed by atoms with Crippen LogP contribution in [0.2, 0.25) is 0 Å². The Morgan fingerprint density at radius 1 is 0.966 bits per heavy atom. The monoisotopic (exact) mass is 855 g/mol. The van der Waals surface area contributed by atoms with E-state index < -0.39 is 62.8 Å². The molecule has 0 amide bonds. The number of alkyl halides is 3. The van der Waals surface area contributed by atoms with Crippen molar-refractivity contribution in [3.05, 3.63) is 59.5 Å². The lowest BCUT2D eigenvalue weighted by molar-refractivity contribution is -0.137. The zero-order chi connectivity index (χ0) is 42.7. The molecule has 1 fully saturated rings. The summed E-state index contributed by atoms with van der Waals surface area (Å²) in [6.07, 6.45) is 8.07. The van der Waals surface area contributed by atoms with Crippen LogP contribution in [0.5, 0.6) is 0 Å². The number of hydrogen-bond acceptors (Lipinski definition) is 12. The van der Waals surface area contributed by atoms with E-state index in [1.165, 1.54) is 67.3 Å². The van der Waals surface area contributed by atoms with Crippen LogP contribution in [0, 0.1) is 11.3 Å². The van der Waals surface area contributed by atoms with E-state index in [2.05, 4.69) is 17.0 Å². The highest BCUT2D eigenvalue weighted by molar-refractivity contribution is 7.47. The van der Waals surface area contributed by atoms with E-state index in [-0.39, 0.29) is 23.7 Å². The van der Waals surface area contributed by atoms with Crippen LogP contribution in [-0.2, 0) is 46.2 Å². The minimum atomic E-state index is -4.84. The predicted molar refractivity (Wildman–Crippen MR) is 214 cm³/mol. The van der Waals surface area contributed by atoms with Gasteiger partial charge in [0.2, 0.25) is 5.60 Å². The number of rotatable bonds is 29. The van der Waals surface area contributed by atoms with Crippen molar-refractivity contribution in [1.29, 1.82) is 5.26 Å². The fraction of sp³-hybridized carbons (Fsp3) is 0.683. The Hall–Kier alpha value is -3.17. The van der Waals surface area contributed by atoms with E-state index in [1.807, 2.05) is 6.07 Å². The highest BCUT2D eigenvalue weighted by Crippen LogP contribution is 2.46. The first-order valence-electron chi connectivity index (χ1n) is 20.8. The minimum absolute atomic E-state index is 0.0389. The number of hydrogen-bond donors (Lipinski definition) is 4. The lowest BCUT2D eigenvalue weighted by Crippen LogP contribution is -2.41. The molecule has 330 valence electrons. The first kappa shape index (κ1) is 48.5. The van der Waals surface area contributed by atoms with Gasteiger partial charge in [-0.05, 0) is 49.1 Å². The van der Waals surface area contributed by atoms with Crippen LogP contribution in [0.3, 0.4) is 0 Å². The number of halogens is 3. The highest BCUT2D eigenvalue weighted by atomic mass is 31.2. The van der Waals surface area contributed by atoms with Crippen molar-refractivity contribution >= 4 is 19.2 Å². The first-order chi connectivity index (χ1) is 28.3. The van der Waals surface area contributed by atoms with E-state index in [1.54, 1.807) is 0 Å². The zero-order valence-corrected chi connectivity index (χ0v) is 34.8. The molecule has 2 unspecified atom stereocenters. The summed E-state index contributed by atoms with van der Waals surface area (Å²) in [5.41, 5.74) is 3.56. The summed E-state index contributed by atoms with van der Waals surface area (Å²) in [5, 5.41) is 36.0. The van der Waals surface area contributed by atoms with Crippen molar-refractivity contribution < 1.29 is 56.1 Å². The molecule has 1 aromatic carbocycles. The van der Waals surface area contributed by atoms with Crippen LogP contribution < -0.4 is 5.73 Å². The summed E-state index contributed by atoms with van der Waals surface area (Å²) in [6, 6.07) is 9.55. The maximum atomic E-state index is 13.3. The largest absolute Gasteiger partial charge is 0.472 e. The van der Waals surface area contributed by atoms with Gasteiger partial charge in [-0.25, -0.2) is 14.1 Å². The number of unbranched alkanes of at least 4 members (excludes halogenated alkanes) is 13. The van der Waals surface area contributed by atoms with Gasteiger partial charge in [0, 0.05) is 13.2 Å². The number of nitrogen functional groups attached to an aromatic ring is 1. The molecule has 1 saturated heterocycles. The summed E-state index contributed by atoms with van der Waals surface area (Å²) in [4.78, 5) is 14.5. The average Bonchev–Trinajstić information content (AvgIpc) is 3.76. The smallest absolute Gasteiger partial charge is 0.387 e. The molecule has 1 aliphatic rings. The van der Waals surface area contributed by atoms with E-state index >= 15 is 0 Å². The topological polar surface area (TPSA) is 204 Å². The van der Waals surface area contributed by atoms with Gasteiger partial charge in [0.25, 0.3) is 0 Å². The van der Waals surface area contributed by atoms with Gasteiger partial charge in [0.05, 0.1) is 37.2 Å². The molecule has 3 heterocycles. The summed E-state index contributed by atoms with van der Waals surface area (Å²) >= 11 is 0. The molecule has 0 aliphatic carbocycles. The van der Waals surface area contributed by atoms with Crippen LogP contribution >= 0.6 is 7.82 Å². The Morgan fingerprint density at radius 3 is 2.25 bits per heavy atom. The maximum Gasteiger partial charge on any atom is 0.472 e. The number of nitriles is 1. The van der Waals surface area contributed by atoms with Crippen LogP contribution in [0.4, 0.5) is 19.0 Å². The number of benzene rings is 1. The Kier molecular flexibility index (Phi) is 20.0. The lowest BCUT2D eigenvalue weighted by atomic mass is 9.92. The minimum Gasteiger partial charge on any atom is -0.387 e. The molecule has 2 aromatic heterocycles. The molecule has 4 rings (SSSR count). The number of nitrogens with zero attached hydrogens (tertiary/aromatic N) is 4. The molecule has 14 nitrogen and oxygen atoms in total. The van der Waals surface area contributed by atoms with Gasteiger partial charge in [-0.2, -0.15) is 23.5 Å². The quantitative estimate of drug-likeness (QED) is 0.0385. The van der Waals surface area contributed by atoms with Crippen molar-refractivity contribution in [2.24, 2.45) is 0 Å². The number of ether oxygens (including phenoxy) is 3. The number of fused-ring (bicyclic) bond motifs is 1. The standard InChI is InChI=1S/C41H61F3N5O9P/c1-2-3-4-5-9-12-15-23-54-24-16-13-10-7-6-8-11-14-20-33(55-26-31-18-17-19-32(25-31)41(42,43)44)27-56-59(52,53)57-28-35-37(50)38(51)40(29-45,58-35)36-22-21-34-39(46)47-30-48-49(34)36/h17-19,21-22,25,30,33,35,37-38,50-51H,2-16,20,23-24,26-28H2,1H3,(H,52,53)(H2,46,47,48)/t33-,35-,37?,38+,40+/m1/s1. The molecule has 0 saturated carbocycles. The molecule has 0 bridgehead atoms. The summed E-state index contributed by atoms with van der Waals surface area (Å²) in [7, 11) is -4.84. The Balaban J connectivity index is 1.21. The van der Waals surface area contributed by atoms with E-state index in [9.17, 15) is 38.1 Å². The van der Waals surface area contributed by atoms with Crippen LogP contribution in [0.15, 0.2) is 42.7 Å². The molecule has 6 atom stereocenters. The van der Waals surface area contributed by atoms with Crippen molar-refractivity contribution in [3.8, 4) is 6.07 Å². The number of phosphoric acid groups is 1. The number of aliphatic hydroxyl groups is 2. The van der Waals surface area contributed by atoms with Gasteiger partial charge in [-0.1, -0.05) is 103 Å². The normalized spacial score (nSPS) is 21.2. The van der Waals surface area contributed by atoms with Gasteiger partial charge in [-0.3, -0.25) is 9.05 Å². The SMILES string of the molecule is CCCCCCCCCOCCCCCCCCCC[C@H](COP(=O)(O)OC[C@H]1O[C@@](C#N)(c2ccc3c(N)ncnn23)[C@@H](O)C1O)OCc1cccc(C(F)(F)F)c1. The van der Waals surface area contributed by atoms with Gasteiger partial charge >= 0.3 is 14.0 Å². The fourth-order valence-corrected chi connectivity index (χ4v) is 7.86. The zero-order valence-electron chi connectivity index (χ0n) is 33.9. The summed E-state index contributed by atoms with van der Waals surface area (Å²) in [5.74, 6) is 0.0965. The third-order valence-electron chi connectivity index (χ3n) is 10.5. The molecule has 5 N–H and O–H groups in total. The average molecular weight is 856 g/mol. The third-order valence-corrected chi connectivity index (χ3v) is 11.5. The first-order valence-corrected chi connectivity index (χ1v) is 22.3. The number of aliphatic hydroxyl groups excluding tert-OH is 2. The highest BCUT2D eigenvalue weighted by Gasteiger charge is 2.58. The van der Waals surface area contributed by atoms with Crippen molar-refractivity contribution in [2.45, 2.75) is 152 Å². The van der Waals surface area contributed by atoms with Crippen LogP contribution in [0.25, 0.3) is 5.52 Å². The van der Waals surface area contributed by atoms with E-state index in [0.29, 0.717) is 18.4 Å². The van der Waals surface area contributed by atoms with Crippen LogP contribution in [-0.4, -0.2) is 80.5 Å². The molecule has 0 radical (unpaired) electrons. The molecular weight excluding hydrogens is 794 g/mol. The van der Waals surface area contributed by atoms with Crippen molar-refractivity contribution in [1.82, 2.24) is 14.6 Å². The number of nitrogens with two attached hydrogens (primary N) is 1. The third kappa shape index (κ3) is 15.1. The summed E-state index contributed by atoms with van der Waals surface area (Å²) < 4.78 is 82.1. The number of anilines is 1. The van der Waals surface area contributed by atoms with Crippen LogP contribution in [0.1, 0.15) is 126 Å². The second-order valence-electron chi connectivity index (χ2n) is 15.1. The molecule has 0 spiro atoms. The predicted octanol–water partition coefficient (Wildman–Crippen LogP) is 8.17. The maximum absolute atomic E-state index is 13.3. The molecule has 3 aromatic rings. The second kappa shape index (κ2) is 24.3. The molecule has 1 aliphatic heterocycles. The van der Waals surface area contributed by atoms with E-state index in [0.717, 1.165) is 83.0 Å². The van der Waals surface area contributed by atoms with Crippen molar-refractivity contribution in [3.63, 3.8) is 0 Å². The molecule has 59 heavy (non-hydrogen) atoms. The Bertz CT molecular complexity index is 1780. The fourth-order valence-electron chi connectivity index (χ4n) is 7.10. The van der Waals surface area contributed by atoms with Crippen molar-refractivity contribution in [2.75, 3.05) is 32.2 Å². The van der Waals surface area contributed by atoms with Gasteiger partial charge in [0.15, 0.2) is 5.82 Å². The number of aromatic nitrogens is 3. The Morgan fingerprint density at radius 2 is 1.61 bits per heavy atom. The van der Waals surface area contributed by atoms with Gasteiger partial charge in [-0.15, -0.1) is 0 Å². The summed E-state index contributed by atoms with van der Waals surface area (Å²) in [6.45, 7) is 2.48. The number of phosphoric ester groups is 1. The Labute approximate surface area is 344 Å². The van der Waals surface area contributed by atoms with E-state index in [4.69, 9.17) is 29.0 Å². The molecular formula is C41H61F3N5O9P. The second-order valence-corrected chi connectivity index (χ2v) is 16.6.